The Morgan fingerprint density at radius 3 is 2.75 bits per heavy atom. The van der Waals surface area contributed by atoms with Crippen molar-refractivity contribution < 1.29 is 9.53 Å². The largest absolute Gasteiger partial charge is 0.376 e. The number of nitrogens with zero attached hydrogens (tertiary/aromatic N) is 2. The molecule has 0 saturated carbocycles. The van der Waals surface area contributed by atoms with Crippen LogP contribution in [0.3, 0.4) is 0 Å². The summed E-state index contributed by atoms with van der Waals surface area (Å²) in [6.07, 6.45) is 1.47. The summed E-state index contributed by atoms with van der Waals surface area (Å²) in [5.74, 6) is 0.935. The van der Waals surface area contributed by atoms with Gasteiger partial charge in [0.25, 0.3) is 0 Å². The van der Waals surface area contributed by atoms with Crippen LogP contribution in [0, 0.1) is 12.8 Å². The number of ether oxygens (including phenoxy) is 1. The van der Waals surface area contributed by atoms with Gasteiger partial charge in [-0.1, -0.05) is 58.2 Å². The highest BCUT2D eigenvalue weighted by Crippen LogP contribution is 2.31. The standard InChI is InChI=1S/C17H22N2O2S.C2H6/c1-5-18-17-19(16(20)11-22-17)15-8-13(4)6-7-14(15)10-21-9-12(2)3;1-2/h5-8,12H,1,9-11H2,2-4H3;1-2H3. The van der Waals surface area contributed by atoms with Crippen LogP contribution in [0.25, 0.3) is 0 Å². The van der Waals surface area contributed by atoms with E-state index in [1.807, 2.05) is 39.0 Å². The topological polar surface area (TPSA) is 41.9 Å². The summed E-state index contributed by atoms with van der Waals surface area (Å²) < 4.78 is 5.75. The van der Waals surface area contributed by atoms with Crippen LogP contribution in [0.2, 0.25) is 0 Å². The van der Waals surface area contributed by atoms with Gasteiger partial charge < -0.3 is 4.74 Å². The van der Waals surface area contributed by atoms with Crippen LogP contribution in [0.1, 0.15) is 38.8 Å². The molecule has 0 N–H and O–H groups in total. The molecule has 0 aliphatic carbocycles. The number of benzene rings is 1. The Labute approximate surface area is 150 Å². The van der Waals surface area contributed by atoms with E-state index in [1.165, 1.54) is 18.0 Å². The summed E-state index contributed by atoms with van der Waals surface area (Å²) in [6.45, 7) is 15.1. The number of carbonyl (C=O) groups is 1. The first-order chi connectivity index (χ1) is 11.5. The molecule has 1 aliphatic heterocycles. The summed E-state index contributed by atoms with van der Waals surface area (Å²) >= 11 is 1.44. The van der Waals surface area contributed by atoms with E-state index in [1.54, 1.807) is 4.90 Å². The maximum atomic E-state index is 12.3. The third-order valence-corrected chi connectivity index (χ3v) is 4.10. The minimum absolute atomic E-state index is 0.0429. The Morgan fingerprint density at radius 1 is 1.42 bits per heavy atom. The quantitative estimate of drug-likeness (QED) is 0.743. The lowest BCUT2D eigenvalue weighted by Gasteiger charge is -2.20. The number of aryl methyl sites for hydroxylation is 1. The van der Waals surface area contributed by atoms with Crippen molar-refractivity contribution in [2.75, 3.05) is 17.3 Å². The molecule has 0 atom stereocenters. The molecule has 1 aliphatic rings. The summed E-state index contributed by atoms with van der Waals surface area (Å²) in [5.41, 5.74) is 2.96. The summed E-state index contributed by atoms with van der Waals surface area (Å²) in [6, 6.07) is 6.07. The average molecular weight is 349 g/mol. The lowest BCUT2D eigenvalue weighted by atomic mass is 10.1. The van der Waals surface area contributed by atoms with Crippen LogP contribution in [0.4, 0.5) is 5.69 Å². The van der Waals surface area contributed by atoms with Crippen molar-refractivity contribution in [3.05, 3.63) is 42.1 Å². The van der Waals surface area contributed by atoms with E-state index in [0.717, 1.165) is 16.8 Å². The first-order valence-corrected chi connectivity index (χ1v) is 9.33. The van der Waals surface area contributed by atoms with Crippen molar-refractivity contribution in [3.8, 4) is 0 Å². The van der Waals surface area contributed by atoms with Crippen molar-refractivity contribution in [2.45, 2.75) is 41.2 Å². The summed E-state index contributed by atoms with van der Waals surface area (Å²) in [4.78, 5) is 18.1. The van der Waals surface area contributed by atoms with Crippen molar-refractivity contribution in [1.82, 2.24) is 0 Å². The monoisotopic (exact) mass is 348 g/mol. The van der Waals surface area contributed by atoms with E-state index >= 15 is 0 Å². The third-order valence-electron chi connectivity index (χ3n) is 3.16. The first kappa shape index (κ1) is 20.5. The first-order valence-electron chi connectivity index (χ1n) is 8.34. The Hall–Kier alpha value is -1.59. The van der Waals surface area contributed by atoms with E-state index in [9.17, 15) is 4.79 Å². The van der Waals surface area contributed by atoms with Gasteiger partial charge in [0.15, 0.2) is 5.17 Å². The fourth-order valence-electron chi connectivity index (χ4n) is 2.18. The third kappa shape index (κ3) is 5.49. The van der Waals surface area contributed by atoms with Crippen LogP contribution in [0.5, 0.6) is 0 Å². The van der Waals surface area contributed by atoms with Crippen LogP contribution in [-0.4, -0.2) is 23.4 Å². The second-order valence-corrected chi connectivity index (χ2v) is 6.60. The number of carbonyl (C=O) groups excluding carboxylic acids is 1. The van der Waals surface area contributed by atoms with Gasteiger partial charge in [0.2, 0.25) is 5.91 Å². The molecule has 1 aromatic rings. The van der Waals surface area contributed by atoms with Crippen molar-refractivity contribution in [2.24, 2.45) is 10.9 Å². The molecule has 0 radical (unpaired) electrons. The molecule has 132 valence electrons. The van der Waals surface area contributed by atoms with Crippen LogP contribution in [0.15, 0.2) is 36.0 Å². The maximum Gasteiger partial charge on any atom is 0.243 e. The highest BCUT2D eigenvalue weighted by atomic mass is 32.2. The van der Waals surface area contributed by atoms with Crippen LogP contribution < -0.4 is 4.90 Å². The normalized spacial score (nSPS) is 15.7. The number of amidine groups is 1. The minimum Gasteiger partial charge on any atom is -0.376 e. The number of rotatable bonds is 6. The minimum atomic E-state index is 0.0429. The highest BCUT2D eigenvalue weighted by molar-refractivity contribution is 8.15. The van der Waals surface area contributed by atoms with Gasteiger partial charge in [0, 0.05) is 18.4 Å². The Kier molecular flexibility index (Phi) is 8.79. The predicted molar refractivity (Wildman–Crippen MR) is 105 cm³/mol. The lowest BCUT2D eigenvalue weighted by molar-refractivity contribution is -0.115. The van der Waals surface area contributed by atoms with E-state index in [4.69, 9.17) is 4.74 Å². The zero-order valence-electron chi connectivity index (χ0n) is 15.3. The molecule has 2 rings (SSSR count). The average Bonchev–Trinajstić information content (AvgIpc) is 2.91. The zero-order valence-corrected chi connectivity index (χ0v) is 16.2. The number of hydrogen-bond donors (Lipinski definition) is 0. The van der Waals surface area contributed by atoms with Gasteiger partial charge in [0.1, 0.15) is 0 Å². The molecule has 0 spiro atoms. The second kappa shape index (κ2) is 10.3. The second-order valence-electron chi connectivity index (χ2n) is 5.65. The van der Waals surface area contributed by atoms with Crippen molar-refractivity contribution >= 4 is 28.5 Å². The van der Waals surface area contributed by atoms with Crippen molar-refractivity contribution in [3.63, 3.8) is 0 Å². The van der Waals surface area contributed by atoms with E-state index in [0.29, 0.717) is 30.1 Å². The molecular formula is C19H28N2O2S. The van der Waals surface area contributed by atoms with Gasteiger partial charge in [-0.3, -0.25) is 9.69 Å². The van der Waals surface area contributed by atoms with E-state index in [2.05, 4.69) is 25.4 Å². The Bertz CT molecular complexity index is 597. The van der Waals surface area contributed by atoms with Gasteiger partial charge in [0.05, 0.1) is 18.0 Å². The number of hydrogen-bond acceptors (Lipinski definition) is 4. The fourth-order valence-corrected chi connectivity index (χ4v) is 3.04. The highest BCUT2D eigenvalue weighted by Gasteiger charge is 2.31. The molecule has 1 saturated heterocycles. The Balaban J connectivity index is 0.00000139. The molecule has 1 heterocycles. The van der Waals surface area contributed by atoms with Gasteiger partial charge in [-0.25, -0.2) is 4.99 Å². The zero-order chi connectivity index (χ0) is 18.1. The maximum absolute atomic E-state index is 12.3. The molecular weight excluding hydrogens is 320 g/mol. The molecule has 5 heteroatoms. The number of aliphatic imine (C=N–C) groups is 1. The van der Waals surface area contributed by atoms with Crippen LogP contribution in [-0.2, 0) is 16.1 Å². The van der Waals surface area contributed by atoms with Crippen molar-refractivity contribution in [1.29, 1.82) is 0 Å². The molecule has 0 unspecified atom stereocenters. The molecule has 0 bridgehead atoms. The molecule has 0 aromatic heterocycles. The fraction of sp³-hybridized carbons (Fsp3) is 0.474. The smallest absolute Gasteiger partial charge is 0.243 e. The van der Waals surface area contributed by atoms with Gasteiger partial charge in [-0.15, -0.1) is 0 Å². The number of thioether (sulfide) groups is 1. The number of anilines is 1. The van der Waals surface area contributed by atoms with E-state index in [-0.39, 0.29) is 5.91 Å². The molecule has 4 nitrogen and oxygen atoms in total. The van der Waals surface area contributed by atoms with Gasteiger partial charge in [-0.2, -0.15) is 0 Å². The SMILES string of the molecule is C=CN=C1SCC(=O)N1c1cc(C)ccc1COCC(C)C.CC. The predicted octanol–water partition coefficient (Wildman–Crippen LogP) is 4.77. The van der Waals surface area contributed by atoms with E-state index < -0.39 is 0 Å². The molecule has 1 fully saturated rings. The van der Waals surface area contributed by atoms with Gasteiger partial charge in [-0.05, 0) is 24.5 Å². The molecule has 1 aromatic carbocycles. The molecule has 24 heavy (non-hydrogen) atoms. The van der Waals surface area contributed by atoms with Crippen LogP contribution >= 0.6 is 11.8 Å². The molecule has 1 amide bonds. The lowest BCUT2D eigenvalue weighted by Crippen LogP contribution is -2.30. The summed E-state index contributed by atoms with van der Waals surface area (Å²) in [5, 5.41) is 0.677. The summed E-state index contributed by atoms with van der Waals surface area (Å²) in [7, 11) is 0. The van der Waals surface area contributed by atoms with Gasteiger partial charge >= 0.3 is 0 Å². The number of amides is 1. The Morgan fingerprint density at radius 2 is 2.12 bits per heavy atom.